The highest BCUT2D eigenvalue weighted by Gasteiger charge is 2.20. The number of rotatable bonds is 3. The molecule has 1 aromatic heterocycles. The van der Waals surface area contributed by atoms with Crippen molar-refractivity contribution in [3.8, 4) is 11.8 Å². The SMILES string of the molecule is CCOC(=O)c1c(C#N)ccn1-c1ccc(C)cc1C. The van der Waals surface area contributed by atoms with Gasteiger partial charge >= 0.3 is 5.97 Å². The smallest absolute Gasteiger partial charge is 0.356 e. The largest absolute Gasteiger partial charge is 0.461 e. The Morgan fingerprint density at radius 2 is 2.10 bits per heavy atom. The van der Waals surface area contributed by atoms with Crippen molar-refractivity contribution in [1.82, 2.24) is 4.57 Å². The molecular weight excluding hydrogens is 252 g/mol. The van der Waals surface area contributed by atoms with Gasteiger partial charge in [-0.2, -0.15) is 5.26 Å². The molecule has 0 amide bonds. The zero-order valence-corrected chi connectivity index (χ0v) is 11.8. The summed E-state index contributed by atoms with van der Waals surface area (Å²) in [7, 11) is 0. The summed E-state index contributed by atoms with van der Waals surface area (Å²) < 4.78 is 6.76. The number of aryl methyl sites for hydroxylation is 2. The van der Waals surface area contributed by atoms with Crippen molar-refractivity contribution in [2.45, 2.75) is 20.8 Å². The molecule has 1 aromatic carbocycles. The topological polar surface area (TPSA) is 55.0 Å². The second-order valence-corrected chi connectivity index (χ2v) is 4.57. The number of carbonyl (C=O) groups excluding carboxylic acids is 1. The zero-order valence-electron chi connectivity index (χ0n) is 11.8. The molecule has 0 unspecified atom stereocenters. The fraction of sp³-hybridized carbons (Fsp3) is 0.250. The van der Waals surface area contributed by atoms with Gasteiger partial charge in [-0.1, -0.05) is 17.7 Å². The molecule has 0 aliphatic carbocycles. The van der Waals surface area contributed by atoms with Gasteiger partial charge in [0.05, 0.1) is 12.2 Å². The van der Waals surface area contributed by atoms with Crippen LogP contribution in [0.25, 0.3) is 5.69 Å². The highest BCUT2D eigenvalue weighted by molar-refractivity contribution is 5.91. The van der Waals surface area contributed by atoms with Crippen LogP contribution in [0.15, 0.2) is 30.5 Å². The molecule has 0 bridgehead atoms. The number of benzene rings is 1. The Bertz CT molecular complexity index is 693. The predicted molar refractivity (Wildman–Crippen MR) is 75.9 cm³/mol. The van der Waals surface area contributed by atoms with E-state index in [0.29, 0.717) is 5.56 Å². The van der Waals surface area contributed by atoms with Gasteiger partial charge in [-0.15, -0.1) is 0 Å². The molecule has 0 spiro atoms. The monoisotopic (exact) mass is 268 g/mol. The van der Waals surface area contributed by atoms with E-state index in [-0.39, 0.29) is 12.3 Å². The third-order valence-corrected chi connectivity index (χ3v) is 3.09. The molecule has 0 N–H and O–H groups in total. The zero-order chi connectivity index (χ0) is 14.7. The average molecular weight is 268 g/mol. The van der Waals surface area contributed by atoms with Crippen LogP contribution in [-0.4, -0.2) is 17.1 Å². The first kappa shape index (κ1) is 13.9. The van der Waals surface area contributed by atoms with E-state index in [0.717, 1.165) is 16.8 Å². The highest BCUT2D eigenvalue weighted by atomic mass is 16.5. The molecule has 4 heteroatoms. The van der Waals surface area contributed by atoms with Crippen LogP contribution in [0.5, 0.6) is 0 Å². The average Bonchev–Trinajstić information content (AvgIpc) is 2.82. The van der Waals surface area contributed by atoms with Crippen LogP contribution in [0.2, 0.25) is 0 Å². The number of nitriles is 1. The van der Waals surface area contributed by atoms with Crippen molar-refractivity contribution in [2.24, 2.45) is 0 Å². The third-order valence-electron chi connectivity index (χ3n) is 3.09. The standard InChI is InChI=1S/C16H16N2O2/c1-4-20-16(19)15-13(10-17)7-8-18(15)14-6-5-11(2)9-12(14)3/h5-9H,4H2,1-3H3. The summed E-state index contributed by atoms with van der Waals surface area (Å²) in [5.74, 6) is -0.478. The lowest BCUT2D eigenvalue weighted by atomic mass is 10.1. The van der Waals surface area contributed by atoms with Gasteiger partial charge in [0.1, 0.15) is 11.8 Å². The lowest BCUT2D eigenvalue weighted by molar-refractivity contribution is 0.0516. The van der Waals surface area contributed by atoms with Gasteiger partial charge in [-0.25, -0.2) is 4.79 Å². The first-order valence-corrected chi connectivity index (χ1v) is 6.44. The van der Waals surface area contributed by atoms with Gasteiger partial charge in [0.25, 0.3) is 0 Å². The van der Waals surface area contributed by atoms with Crippen LogP contribution in [-0.2, 0) is 4.74 Å². The van der Waals surface area contributed by atoms with E-state index >= 15 is 0 Å². The van der Waals surface area contributed by atoms with Crippen LogP contribution in [0.4, 0.5) is 0 Å². The molecule has 0 fully saturated rings. The van der Waals surface area contributed by atoms with Crippen LogP contribution in [0, 0.1) is 25.2 Å². The summed E-state index contributed by atoms with van der Waals surface area (Å²) in [5.41, 5.74) is 3.66. The maximum Gasteiger partial charge on any atom is 0.356 e. The minimum atomic E-state index is -0.478. The van der Waals surface area contributed by atoms with Gasteiger partial charge in [-0.3, -0.25) is 0 Å². The van der Waals surface area contributed by atoms with E-state index in [1.807, 2.05) is 38.1 Å². The molecule has 0 aliphatic rings. The minimum Gasteiger partial charge on any atom is -0.461 e. The Morgan fingerprint density at radius 3 is 2.70 bits per heavy atom. The molecule has 102 valence electrons. The summed E-state index contributed by atoms with van der Waals surface area (Å²) in [4.78, 5) is 12.1. The summed E-state index contributed by atoms with van der Waals surface area (Å²) in [6.45, 7) is 6.01. The van der Waals surface area contributed by atoms with Crippen LogP contribution in [0.3, 0.4) is 0 Å². The molecule has 1 heterocycles. The van der Waals surface area contributed by atoms with Gasteiger partial charge in [0.2, 0.25) is 0 Å². The van der Waals surface area contributed by atoms with Crippen LogP contribution < -0.4 is 0 Å². The van der Waals surface area contributed by atoms with E-state index in [1.165, 1.54) is 0 Å². The summed E-state index contributed by atoms with van der Waals surface area (Å²) >= 11 is 0. The van der Waals surface area contributed by atoms with Gasteiger partial charge in [-0.05, 0) is 38.5 Å². The van der Waals surface area contributed by atoms with Crippen molar-refractivity contribution in [3.05, 3.63) is 52.8 Å². The van der Waals surface area contributed by atoms with Crippen molar-refractivity contribution < 1.29 is 9.53 Å². The number of hydrogen-bond acceptors (Lipinski definition) is 3. The maximum absolute atomic E-state index is 12.1. The molecule has 4 nitrogen and oxygen atoms in total. The van der Waals surface area contributed by atoms with E-state index in [9.17, 15) is 4.79 Å². The van der Waals surface area contributed by atoms with Crippen molar-refractivity contribution in [3.63, 3.8) is 0 Å². The van der Waals surface area contributed by atoms with Crippen LogP contribution in [0.1, 0.15) is 34.1 Å². The molecule has 20 heavy (non-hydrogen) atoms. The number of ether oxygens (including phenoxy) is 1. The molecule has 0 radical (unpaired) electrons. The van der Waals surface area contributed by atoms with E-state index < -0.39 is 5.97 Å². The maximum atomic E-state index is 12.1. The number of nitrogens with zero attached hydrogens (tertiary/aromatic N) is 2. The number of hydrogen-bond donors (Lipinski definition) is 0. The van der Waals surface area contributed by atoms with Gasteiger partial charge in [0.15, 0.2) is 0 Å². The molecule has 0 saturated carbocycles. The van der Waals surface area contributed by atoms with Crippen LogP contribution >= 0.6 is 0 Å². The Kier molecular flexibility index (Phi) is 3.90. The molecule has 0 saturated heterocycles. The molecule has 0 aliphatic heterocycles. The van der Waals surface area contributed by atoms with Gasteiger partial charge in [0, 0.05) is 11.9 Å². The van der Waals surface area contributed by atoms with E-state index in [1.54, 1.807) is 23.8 Å². The van der Waals surface area contributed by atoms with E-state index in [2.05, 4.69) is 0 Å². The normalized spacial score (nSPS) is 10.1. The Labute approximate surface area is 118 Å². The molecule has 0 atom stereocenters. The van der Waals surface area contributed by atoms with Gasteiger partial charge < -0.3 is 9.30 Å². The summed E-state index contributed by atoms with van der Waals surface area (Å²) in [6.07, 6.45) is 1.72. The van der Waals surface area contributed by atoms with Crippen molar-refractivity contribution in [2.75, 3.05) is 6.61 Å². The quantitative estimate of drug-likeness (QED) is 0.803. The van der Waals surface area contributed by atoms with Crippen molar-refractivity contribution >= 4 is 5.97 Å². The fourth-order valence-electron chi connectivity index (χ4n) is 2.21. The van der Waals surface area contributed by atoms with Crippen molar-refractivity contribution in [1.29, 1.82) is 5.26 Å². The molecule has 2 aromatic rings. The molecule has 2 rings (SSSR count). The number of esters is 1. The third kappa shape index (κ3) is 2.43. The minimum absolute atomic E-state index is 0.279. The van der Waals surface area contributed by atoms with E-state index in [4.69, 9.17) is 10.00 Å². The highest BCUT2D eigenvalue weighted by Crippen LogP contribution is 2.21. The number of aromatic nitrogens is 1. The Balaban J connectivity index is 2.60. The number of carbonyl (C=O) groups is 1. The second kappa shape index (κ2) is 5.62. The lowest BCUT2D eigenvalue weighted by Crippen LogP contribution is -2.13. The lowest BCUT2D eigenvalue weighted by Gasteiger charge is -2.12. The summed E-state index contributed by atoms with van der Waals surface area (Å²) in [6, 6.07) is 9.62. The summed E-state index contributed by atoms with van der Waals surface area (Å²) in [5, 5.41) is 9.14. The fourth-order valence-corrected chi connectivity index (χ4v) is 2.21. The first-order chi connectivity index (χ1) is 9.58. The second-order valence-electron chi connectivity index (χ2n) is 4.57. The Morgan fingerprint density at radius 1 is 1.35 bits per heavy atom. The predicted octanol–water partition coefficient (Wildman–Crippen LogP) is 3.14. The first-order valence-electron chi connectivity index (χ1n) is 6.44. The molecular formula is C16H16N2O2. The Hall–Kier alpha value is -2.54.